The Morgan fingerprint density at radius 1 is 0.968 bits per heavy atom. The van der Waals surface area contributed by atoms with Crippen LogP contribution in [0.2, 0.25) is 5.02 Å². The molecule has 3 heterocycles. The largest absolute Gasteiger partial charge is 0.472 e. The number of halogens is 1. The van der Waals surface area contributed by atoms with E-state index in [4.69, 9.17) is 21.1 Å². The predicted molar refractivity (Wildman–Crippen MR) is 114 cm³/mol. The zero-order valence-corrected chi connectivity index (χ0v) is 18.0. The quantitative estimate of drug-likeness (QED) is 0.578. The van der Waals surface area contributed by atoms with Gasteiger partial charge in [0.2, 0.25) is 11.8 Å². The van der Waals surface area contributed by atoms with Crippen LogP contribution in [-0.4, -0.2) is 63.9 Å². The van der Waals surface area contributed by atoms with Gasteiger partial charge in [0.1, 0.15) is 12.7 Å². The molecule has 8 nitrogen and oxygen atoms in total. The minimum absolute atomic E-state index is 0.0299. The van der Waals surface area contributed by atoms with E-state index in [1.807, 2.05) is 12.1 Å². The fraction of sp³-hybridized carbons (Fsp3) is 0.455. The minimum atomic E-state index is -0.158. The third kappa shape index (κ3) is 5.71. The molecule has 4 rings (SSSR count). The fourth-order valence-corrected chi connectivity index (χ4v) is 3.92. The second kappa shape index (κ2) is 10.1. The number of hydrogen-bond donors (Lipinski definition) is 0. The van der Waals surface area contributed by atoms with Gasteiger partial charge >= 0.3 is 0 Å². The molecule has 31 heavy (non-hydrogen) atoms. The molecule has 0 aliphatic carbocycles. The van der Waals surface area contributed by atoms with Gasteiger partial charge in [-0.15, -0.1) is 0 Å². The molecule has 1 aromatic carbocycles. The van der Waals surface area contributed by atoms with Crippen molar-refractivity contribution in [3.05, 3.63) is 47.2 Å². The molecule has 164 valence electrons. The first-order chi connectivity index (χ1) is 15.1. The van der Waals surface area contributed by atoms with Crippen LogP contribution in [0.15, 0.2) is 36.7 Å². The number of aromatic nitrogens is 2. The van der Waals surface area contributed by atoms with Crippen LogP contribution in [-0.2, 0) is 16.1 Å². The van der Waals surface area contributed by atoms with Gasteiger partial charge in [0.25, 0.3) is 11.8 Å². The molecule has 2 aliphatic heterocycles. The Kier molecular flexibility index (Phi) is 6.99. The normalized spacial score (nSPS) is 17.9. The van der Waals surface area contributed by atoms with E-state index in [1.165, 1.54) is 16.7 Å². The number of likely N-dealkylation sites (tertiary alicyclic amines) is 2. The molecule has 0 bridgehead atoms. The Bertz CT molecular complexity index is 900. The lowest BCUT2D eigenvalue weighted by atomic mass is 10.1. The van der Waals surface area contributed by atoms with Crippen LogP contribution in [0.4, 0.5) is 0 Å². The van der Waals surface area contributed by atoms with E-state index in [0.29, 0.717) is 5.88 Å². The Hall–Kier alpha value is -2.71. The maximum Gasteiger partial charge on any atom is 0.278 e. The molecule has 2 saturated heterocycles. The summed E-state index contributed by atoms with van der Waals surface area (Å²) in [6, 6.07) is 7.94. The van der Waals surface area contributed by atoms with Crippen LogP contribution >= 0.6 is 11.6 Å². The summed E-state index contributed by atoms with van der Waals surface area (Å²) in [6.07, 6.45) is 5.42. The highest BCUT2D eigenvalue weighted by atomic mass is 35.5. The summed E-state index contributed by atoms with van der Waals surface area (Å²) >= 11 is 5.96. The molecular weight excluding hydrogens is 420 g/mol. The summed E-state index contributed by atoms with van der Waals surface area (Å²) in [4.78, 5) is 35.5. The number of amides is 2. The van der Waals surface area contributed by atoms with Crippen LogP contribution in [0.3, 0.4) is 0 Å². The van der Waals surface area contributed by atoms with Crippen molar-refractivity contribution in [3.8, 4) is 11.8 Å². The van der Waals surface area contributed by atoms with Crippen molar-refractivity contribution in [1.29, 1.82) is 0 Å². The summed E-state index contributed by atoms with van der Waals surface area (Å²) < 4.78 is 11.8. The molecule has 2 aromatic rings. The SMILES string of the molecule is O=C1CCC(=O)N1CCOc1nccnc1OC1CCN(Cc2ccc(Cl)cc2)CC1. The first-order valence-electron chi connectivity index (χ1n) is 10.5. The molecule has 0 radical (unpaired) electrons. The van der Waals surface area contributed by atoms with E-state index < -0.39 is 0 Å². The van der Waals surface area contributed by atoms with Gasteiger partial charge in [0.05, 0.1) is 6.54 Å². The Labute approximate surface area is 186 Å². The monoisotopic (exact) mass is 444 g/mol. The van der Waals surface area contributed by atoms with Crippen LogP contribution in [0.1, 0.15) is 31.2 Å². The Morgan fingerprint density at radius 3 is 2.29 bits per heavy atom. The van der Waals surface area contributed by atoms with Crippen molar-refractivity contribution < 1.29 is 19.1 Å². The van der Waals surface area contributed by atoms with Crippen LogP contribution in [0, 0.1) is 0 Å². The average molecular weight is 445 g/mol. The van der Waals surface area contributed by atoms with Crippen molar-refractivity contribution >= 4 is 23.4 Å². The zero-order chi connectivity index (χ0) is 21.6. The molecule has 2 amide bonds. The summed E-state index contributed by atoms with van der Waals surface area (Å²) in [5.74, 6) is 0.312. The maximum absolute atomic E-state index is 11.7. The molecule has 2 aliphatic rings. The van der Waals surface area contributed by atoms with Gasteiger partial charge in [-0.2, -0.15) is 0 Å². The van der Waals surface area contributed by atoms with Crippen LogP contribution < -0.4 is 9.47 Å². The molecule has 0 unspecified atom stereocenters. The smallest absolute Gasteiger partial charge is 0.278 e. The summed E-state index contributed by atoms with van der Waals surface area (Å²) in [5, 5.41) is 0.747. The topological polar surface area (TPSA) is 84.9 Å². The van der Waals surface area contributed by atoms with E-state index in [-0.39, 0.29) is 49.8 Å². The van der Waals surface area contributed by atoms with Gasteiger partial charge in [-0.3, -0.25) is 19.4 Å². The van der Waals surface area contributed by atoms with E-state index in [2.05, 4.69) is 27.0 Å². The maximum atomic E-state index is 11.7. The second-order valence-electron chi connectivity index (χ2n) is 7.67. The number of benzene rings is 1. The van der Waals surface area contributed by atoms with Crippen LogP contribution in [0.5, 0.6) is 11.8 Å². The zero-order valence-electron chi connectivity index (χ0n) is 17.2. The molecule has 0 atom stereocenters. The minimum Gasteiger partial charge on any atom is -0.472 e. The van der Waals surface area contributed by atoms with E-state index in [1.54, 1.807) is 6.20 Å². The van der Waals surface area contributed by atoms with Gasteiger partial charge in [0.15, 0.2) is 0 Å². The number of ether oxygens (including phenoxy) is 2. The molecule has 0 spiro atoms. The van der Waals surface area contributed by atoms with Crippen molar-refractivity contribution in [2.24, 2.45) is 0 Å². The molecule has 0 N–H and O–H groups in total. The molecule has 0 saturated carbocycles. The average Bonchev–Trinajstić information content (AvgIpc) is 3.10. The fourth-order valence-electron chi connectivity index (χ4n) is 3.79. The third-order valence-electron chi connectivity index (χ3n) is 5.47. The van der Waals surface area contributed by atoms with Crippen molar-refractivity contribution in [3.63, 3.8) is 0 Å². The number of carbonyl (C=O) groups excluding carboxylic acids is 2. The molecule has 1 aromatic heterocycles. The molecular formula is C22H25ClN4O4. The van der Waals surface area contributed by atoms with E-state index in [9.17, 15) is 9.59 Å². The van der Waals surface area contributed by atoms with Gasteiger partial charge in [-0.1, -0.05) is 23.7 Å². The summed E-state index contributed by atoms with van der Waals surface area (Å²) in [6.45, 7) is 3.09. The van der Waals surface area contributed by atoms with E-state index in [0.717, 1.165) is 37.5 Å². The number of nitrogens with zero attached hydrogens (tertiary/aromatic N) is 4. The Morgan fingerprint density at radius 2 is 1.61 bits per heavy atom. The number of piperidine rings is 1. The number of carbonyl (C=O) groups is 2. The van der Waals surface area contributed by atoms with Gasteiger partial charge in [-0.25, -0.2) is 9.97 Å². The molecule has 9 heteroatoms. The van der Waals surface area contributed by atoms with Crippen LogP contribution in [0.25, 0.3) is 0 Å². The van der Waals surface area contributed by atoms with Gasteiger partial charge in [0, 0.05) is 49.9 Å². The predicted octanol–water partition coefficient (Wildman–Crippen LogP) is 2.70. The number of rotatable bonds is 8. The summed E-state index contributed by atoms with van der Waals surface area (Å²) in [7, 11) is 0. The number of imide groups is 1. The first kappa shape index (κ1) is 21.5. The highest BCUT2D eigenvalue weighted by Gasteiger charge is 2.28. The third-order valence-corrected chi connectivity index (χ3v) is 5.73. The lowest BCUT2D eigenvalue weighted by Gasteiger charge is -2.32. The van der Waals surface area contributed by atoms with Crippen molar-refractivity contribution in [1.82, 2.24) is 19.8 Å². The van der Waals surface area contributed by atoms with Crippen molar-refractivity contribution in [2.75, 3.05) is 26.2 Å². The molecule has 2 fully saturated rings. The second-order valence-corrected chi connectivity index (χ2v) is 8.11. The number of hydrogen-bond acceptors (Lipinski definition) is 7. The highest BCUT2D eigenvalue weighted by Crippen LogP contribution is 2.25. The lowest BCUT2D eigenvalue weighted by molar-refractivity contribution is -0.138. The first-order valence-corrected chi connectivity index (χ1v) is 10.9. The van der Waals surface area contributed by atoms with Gasteiger partial charge < -0.3 is 9.47 Å². The summed E-state index contributed by atoms with van der Waals surface area (Å²) in [5.41, 5.74) is 1.24. The highest BCUT2D eigenvalue weighted by molar-refractivity contribution is 6.30. The lowest BCUT2D eigenvalue weighted by Crippen LogP contribution is -2.38. The van der Waals surface area contributed by atoms with Crippen molar-refractivity contribution in [2.45, 2.75) is 38.3 Å². The van der Waals surface area contributed by atoms with Gasteiger partial charge in [-0.05, 0) is 30.5 Å². The van der Waals surface area contributed by atoms with E-state index >= 15 is 0 Å². The standard InChI is InChI=1S/C22H25ClN4O4/c23-17-3-1-16(2-4-17)15-26-11-7-18(8-12-26)31-22-21(24-9-10-25-22)30-14-13-27-19(28)5-6-20(27)29/h1-4,9-10,18H,5-8,11-15H2. The Balaban J connectivity index is 1.25.